The van der Waals surface area contributed by atoms with Crippen molar-refractivity contribution >= 4 is 11.9 Å². The van der Waals surface area contributed by atoms with Crippen LogP contribution in [0.15, 0.2) is 49.3 Å². The molecule has 1 aromatic heterocycles. The molecule has 0 aliphatic carbocycles. The van der Waals surface area contributed by atoms with E-state index in [1.54, 1.807) is 4.90 Å². The predicted molar refractivity (Wildman–Crippen MR) is 101 cm³/mol. The van der Waals surface area contributed by atoms with E-state index < -0.39 is 23.6 Å². The Labute approximate surface area is 170 Å². The van der Waals surface area contributed by atoms with Crippen LogP contribution in [-0.2, 0) is 22.3 Å². The van der Waals surface area contributed by atoms with Crippen molar-refractivity contribution < 1.29 is 27.1 Å². The zero-order valence-corrected chi connectivity index (χ0v) is 15.9. The molecule has 160 valence electrons. The molecule has 3 rings (SSSR count). The highest BCUT2D eigenvalue weighted by Crippen LogP contribution is 2.29. The number of nitrogens with one attached hydrogen (secondary N) is 1. The SMILES string of the molecule is C=CC(=O)N1CC[C@H](OCc2ccc(C(F)(F)F)cc2)[C@@H](Nc2ncc(F)cn2)C1. The summed E-state index contributed by atoms with van der Waals surface area (Å²) in [6.07, 6.45) is -1.02. The topological polar surface area (TPSA) is 67.3 Å². The number of benzene rings is 1. The Morgan fingerprint density at radius 2 is 1.93 bits per heavy atom. The van der Waals surface area contributed by atoms with Gasteiger partial charge < -0.3 is 15.0 Å². The number of hydrogen-bond donors (Lipinski definition) is 1. The van der Waals surface area contributed by atoms with Gasteiger partial charge in [0.25, 0.3) is 0 Å². The van der Waals surface area contributed by atoms with Gasteiger partial charge in [-0.3, -0.25) is 4.79 Å². The van der Waals surface area contributed by atoms with Crippen LogP contribution in [0.3, 0.4) is 0 Å². The average molecular weight is 424 g/mol. The lowest BCUT2D eigenvalue weighted by molar-refractivity contribution is -0.137. The molecule has 0 radical (unpaired) electrons. The second-order valence-corrected chi connectivity index (χ2v) is 6.80. The normalized spacial score (nSPS) is 19.4. The molecule has 2 aromatic rings. The molecule has 0 spiro atoms. The standard InChI is InChI=1S/C20H20F4N4O2/c1-2-18(29)28-8-7-17(16(11-28)27-19-25-9-15(21)10-26-19)30-12-13-3-5-14(6-4-13)20(22,23)24/h2-6,9-10,16-17H,1,7-8,11-12H2,(H,25,26,27)/t16-,17-/m0/s1. The number of amides is 1. The number of ether oxygens (including phenoxy) is 1. The highest BCUT2D eigenvalue weighted by Gasteiger charge is 2.32. The molecule has 1 saturated heterocycles. The third-order valence-electron chi connectivity index (χ3n) is 4.72. The number of carbonyl (C=O) groups excluding carboxylic acids is 1. The van der Waals surface area contributed by atoms with Crippen LogP contribution in [0.5, 0.6) is 0 Å². The van der Waals surface area contributed by atoms with Gasteiger partial charge in [0.15, 0.2) is 5.82 Å². The van der Waals surface area contributed by atoms with E-state index in [4.69, 9.17) is 4.74 Å². The summed E-state index contributed by atoms with van der Waals surface area (Å²) in [6, 6.07) is 4.34. The maximum atomic E-state index is 13.1. The molecule has 1 fully saturated rings. The fourth-order valence-corrected chi connectivity index (χ4v) is 3.14. The Morgan fingerprint density at radius 1 is 1.27 bits per heavy atom. The molecule has 1 aliphatic heterocycles. The maximum absolute atomic E-state index is 13.1. The van der Waals surface area contributed by atoms with Crippen molar-refractivity contribution in [1.29, 1.82) is 0 Å². The van der Waals surface area contributed by atoms with Crippen LogP contribution in [0.2, 0.25) is 0 Å². The molecule has 0 saturated carbocycles. The van der Waals surface area contributed by atoms with Crippen LogP contribution in [-0.4, -0.2) is 46.0 Å². The second-order valence-electron chi connectivity index (χ2n) is 6.80. The molecular formula is C20H20F4N4O2. The number of carbonyl (C=O) groups is 1. The van der Waals surface area contributed by atoms with Crippen molar-refractivity contribution in [2.24, 2.45) is 0 Å². The van der Waals surface area contributed by atoms with Gasteiger partial charge in [-0.2, -0.15) is 13.2 Å². The molecule has 1 aromatic carbocycles. The number of hydrogen-bond acceptors (Lipinski definition) is 5. The van der Waals surface area contributed by atoms with Crippen molar-refractivity contribution in [1.82, 2.24) is 14.9 Å². The van der Waals surface area contributed by atoms with Crippen molar-refractivity contribution in [2.75, 3.05) is 18.4 Å². The zero-order valence-electron chi connectivity index (χ0n) is 15.9. The Kier molecular flexibility index (Phi) is 6.66. The summed E-state index contributed by atoms with van der Waals surface area (Å²) in [7, 11) is 0. The minimum atomic E-state index is -4.39. The van der Waals surface area contributed by atoms with Crippen LogP contribution in [0.4, 0.5) is 23.5 Å². The van der Waals surface area contributed by atoms with Crippen molar-refractivity contribution in [3.63, 3.8) is 0 Å². The highest BCUT2D eigenvalue weighted by atomic mass is 19.4. The first-order valence-corrected chi connectivity index (χ1v) is 9.19. The number of likely N-dealkylation sites (tertiary alicyclic amines) is 1. The van der Waals surface area contributed by atoms with E-state index in [0.29, 0.717) is 18.5 Å². The van der Waals surface area contributed by atoms with Crippen LogP contribution in [0, 0.1) is 5.82 Å². The minimum absolute atomic E-state index is 0.0979. The first-order valence-electron chi connectivity index (χ1n) is 9.19. The molecule has 2 heterocycles. The van der Waals surface area contributed by atoms with Crippen LogP contribution >= 0.6 is 0 Å². The summed E-state index contributed by atoms with van der Waals surface area (Å²) in [4.78, 5) is 21.3. The van der Waals surface area contributed by atoms with Crippen molar-refractivity contribution in [2.45, 2.75) is 31.3 Å². The van der Waals surface area contributed by atoms with Gasteiger partial charge >= 0.3 is 6.18 Å². The Morgan fingerprint density at radius 3 is 2.53 bits per heavy atom. The fourth-order valence-electron chi connectivity index (χ4n) is 3.14. The lowest BCUT2D eigenvalue weighted by Crippen LogP contribution is -2.53. The molecule has 10 heteroatoms. The summed E-state index contributed by atoms with van der Waals surface area (Å²) < 4.78 is 57.1. The third kappa shape index (κ3) is 5.53. The Balaban J connectivity index is 1.68. The lowest BCUT2D eigenvalue weighted by atomic mass is 10.0. The monoisotopic (exact) mass is 424 g/mol. The second kappa shape index (κ2) is 9.21. The first kappa shape index (κ1) is 21.7. The van der Waals surface area contributed by atoms with Gasteiger partial charge in [0.1, 0.15) is 0 Å². The largest absolute Gasteiger partial charge is 0.416 e. The maximum Gasteiger partial charge on any atom is 0.416 e. The summed E-state index contributed by atoms with van der Waals surface area (Å²) in [6.45, 7) is 4.30. The Bertz CT molecular complexity index is 872. The van der Waals surface area contributed by atoms with Crippen molar-refractivity contribution in [3.05, 3.63) is 66.3 Å². The van der Waals surface area contributed by atoms with E-state index in [0.717, 1.165) is 24.5 Å². The molecule has 0 bridgehead atoms. The predicted octanol–water partition coefficient (Wildman–Crippen LogP) is 3.42. The fraction of sp³-hybridized carbons (Fsp3) is 0.350. The summed E-state index contributed by atoms with van der Waals surface area (Å²) >= 11 is 0. The third-order valence-corrected chi connectivity index (χ3v) is 4.72. The number of alkyl halides is 3. The molecular weight excluding hydrogens is 404 g/mol. The van der Waals surface area contributed by atoms with Crippen LogP contribution in [0.1, 0.15) is 17.5 Å². The van der Waals surface area contributed by atoms with Gasteiger partial charge in [-0.15, -0.1) is 0 Å². The molecule has 6 nitrogen and oxygen atoms in total. The number of piperidine rings is 1. The number of anilines is 1. The van der Waals surface area contributed by atoms with Crippen LogP contribution < -0.4 is 5.32 Å². The zero-order chi connectivity index (χ0) is 21.7. The lowest BCUT2D eigenvalue weighted by Gasteiger charge is -2.38. The number of nitrogens with zero attached hydrogens (tertiary/aromatic N) is 3. The molecule has 1 aliphatic rings. The van der Waals surface area contributed by atoms with Crippen molar-refractivity contribution in [3.8, 4) is 0 Å². The molecule has 1 amide bonds. The average Bonchev–Trinajstić information content (AvgIpc) is 2.73. The highest BCUT2D eigenvalue weighted by molar-refractivity contribution is 5.87. The van der Waals surface area contributed by atoms with Gasteiger partial charge in [0.05, 0.1) is 36.7 Å². The van der Waals surface area contributed by atoms with Gasteiger partial charge in [0.2, 0.25) is 11.9 Å². The molecule has 30 heavy (non-hydrogen) atoms. The molecule has 1 N–H and O–H groups in total. The van der Waals surface area contributed by atoms with E-state index in [2.05, 4.69) is 21.9 Å². The van der Waals surface area contributed by atoms with Crippen LogP contribution in [0.25, 0.3) is 0 Å². The first-order chi connectivity index (χ1) is 14.3. The molecule has 2 atom stereocenters. The summed E-state index contributed by atoms with van der Waals surface area (Å²) in [5.41, 5.74) is -0.139. The summed E-state index contributed by atoms with van der Waals surface area (Å²) in [5, 5.41) is 3.04. The van der Waals surface area contributed by atoms with Gasteiger partial charge in [-0.1, -0.05) is 18.7 Å². The van der Waals surface area contributed by atoms with E-state index in [9.17, 15) is 22.4 Å². The molecule has 0 unspecified atom stereocenters. The number of rotatable bonds is 6. The van der Waals surface area contributed by atoms with Gasteiger partial charge in [0, 0.05) is 13.1 Å². The smallest absolute Gasteiger partial charge is 0.371 e. The summed E-state index contributed by atoms with van der Waals surface area (Å²) in [5.74, 6) is -0.636. The Hall–Kier alpha value is -3.01. The quantitative estimate of drug-likeness (QED) is 0.569. The van der Waals surface area contributed by atoms with E-state index in [1.807, 2.05) is 0 Å². The number of halogens is 4. The van der Waals surface area contributed by atoms with Gasteiger partial charge in [-0.25, -0.2) is 14.4 Å². The van der Waals surface area contributed by atoms with E-state index in [1.165, 1.54) is 18.2 Å². The van der Waals surface area contributed by atoms with E-state index >= 15 is 0 Å². The minimum Gasteiger partial charge on any atom is -0.371 e. The number of aromatic nitrogens is 2. The van der Waals surface area contributed by atoms with E-state index in [-0.39, 0.29) is 31.1 Å². The van der Waals surface area contributed by atoms with Gasteiger partial charge in [-0.05, 0) is 30.2 Å².